The smallest absolute Gasteiger partial charge is 0.258 e. The monoisotopic (exact) mass is 442 g/mol. The first-order chi connectivity index (χ1) is 16.0. The number of hydrogen-bond donors (Lipinski definition) is 0. The van der Waals surface area contributed by atoms with Gasteiger partial charge in [-0.3, -0.25) is 9.59 Å². The van der Waals surface area contributed by atoms with E-state index in [9.17, 15) is 9.59 Å². The van der Waals surface area contributed by atoms with Gasteiger partial charge >= 0.3 is 0 Å². The Labute approximate surface area is 195 Å². The van der Waals surface area contributed by atoms with Gasteiger partial charge in [0.25, 0.3) is 5.91 Å². The Morgan fingerprint density at radius 2 is 1.73 bits per heavy atom. The van der Waals surface area contributed by atoms with E-state index in [2.05, 4.69) is 6.92 Å². The second-order valence-corrected chi connectivity index (χ2v) is 8.42. The van der Waals surface area contributed by atoms with Crippen LogP contribution in [0.4, 0.5) is 11.4 Å². The first-order valence-electron chi connectivity index (χ1n) is 11.5. The van der Waals surface area contributed by atoms with Crippen LogP contribution in [-0.2, 0) is 4.79 Å². The minimum atomic E-state index is -0.206. The SMILES string of the molecule is CCCC(=O)N1c2ccccc2[C@@H](N(C(=O)c2cccc(OC)c2)c2ccccc2)C[C@H]1C. The molecule has 2 amide bonds. The second kappa shape index (κ2) is 9.90. The van der Waals surface area contributed by atoms with Crippen LogP contribution in [0.5, 0.6) is 5.75 Å². The van der Waals surface area contributed by atoms with Crippen molar-refractivity contribution < 1.29 is 14.3 Å². The van der Waals surface area contributed by atoms with Crippen LogP contribution in [0.15, 0.2) is 78.9 Å². The average Bonchev–Trinajstić information content (AvgIpc) is 2.85. The number of amides is 2. The van der Waals surface area contributed by atoms with E-state index in [1.165, 1.54) is 0 Å². The number of rotatable bonds is 6. The largest absolute Gasteiger partial charge is 0.497 e. The summed E-state index contributed by atoms with van der Waals surface area (Å²) in [7, 11) is 1.60. The quantitative estimate of drug-likeness (QED) is 0.470. The van der Waals surface area contributed by atoms with Crippen molar-refractivity contribution in [1.29, 1.82) is 0 Å². The number of methoxy groups -OCH3 is 1. The Bertz CT molecular complexity index is 1130. The number of anilines is 2. The Morgan fingerprint density at radius 3 is 2.45 bits per heavy atom. The fourth-order valence-corrected chi connectivity index (χ4v) is 4.66. The Balaban J connectivity index is 1.82. The molecule has 1 aliphatic rings. The van der Waals surface area contributed by atoms with Gasteiger partial charge in [-0.05, 0) is 61.7 Å². The van der Waals surface area contributed by atoms with Crippen molar-refractivity contribution in [3.63, 3.8) is 0 Å². The molecule has 5 heteroatoms. The van der Waals surface area contributed by atoms with E-state index in [-0.39, 0.29) is 23.9 Å². The van der Waals surface area contributed by atoms with Crippen LogP contribution in [-0.4, -0.2) is 25.0 Å². The topological polar surface area (TPSA) is 49.9 Å². The Morgan fingerprint density at radius 1 is 1.00 bits per heavy atom. The van der Waals surface area contributed by atoms with Crippen LogP contribution in [0.25, 0.3) is 0 Å². The molecule has 3 aromatic carbocycles. The lowest BCUT2D eigenvalue weighted by atomic mass is 9.89. The Kier molecular flexibility index (Phi) is 6.78. The summed E-state index contributed by atoms with van der Waals surface area (Å²) in [6.07, 6.45) is 1.96. The lowest BCUT2D eigenvalue weighted by molar-refractivity contribution is -0.119. The molecule has 2 atom stereocenters. The molecule has 33 heavy (non-hydrogen) atoms. The highest BCUT2D eigenvalue weighted by Gasteiger charge is 2.38. The van der Waals surface area contributed by atoms with E-state index >= 15 is 0 Å². The molecule has 0 bridgehead atoms. The summed E-state index contributed by atoms with van der Waals surface area (Å²) in [4.78, 5) is 30.7. The molecule has 0 saturated heterocycles. The van der Waals surface area contributed by atoms with Gasteiger partial charge in [-0.25, -0.2) is 0 Å². The summed E-state index contributed by atoms with van der Waals surface area (Å²) in [5.41, 5.74) is 3.26. The maximum absolute atomic E-state index is 13.9. The summed E-state index contributed by atoms with van der Waals surface area (Å²) in [6, 6.07) is 24.7. The number of nitrogens with zero attached hydrogens (tertiary/aromatic N) is 2. The second-order valence-electron chi connectivity index (χ2n) is 8.42. The van der Waals surface area contributed by atoms with Crippen molar-refractivity contribution >= 4 is 23.2 Å². The van der Waals surface area contributed by atoms with E-state index in [1.807, 2.05) is 89.5 Å². The highest BCUT2D eigenvalue weighted by molar-refractivity contribution is 6.07. The van der Waals surface area contributed by atoms with Crippen molar-refractivity contribution in [3.8, 4) is 5.75 Å². The summed E-state index contributed by atoms with van der Waals surface area (Å²) in [5.74, 6) is 0.671. The van der Waals surface area contributed by atoms with Crippen molar-refractivity contribution in [2.75, 3.05) is 16.9 Å². The van der Waals surface area contributed by atoms with Crippen LogP contribution in [0.3, 0.4) is 0 Å². The average molecular weight is 443 g/mol. The molecule has 5 nitrogen and oxygen atoms in total. The molecule has 3 aromatic rings. The van der Waals surface area contributed by atoms with Gasteiger partial charge in [-0.1, -0.05) is 49.4 Å². The van der Waals surface area contributed by atoms with Crippen LogP contribution < -0.4 is 14.5 Å². The number of ether oxygens (including phenoxy) is 1. The van der Waals surface area contributed by atoms with Crippen molar-refractivity contribution in [2.45, 2.75) is 45.2 Å². The minimum Gasteiger partial charge on any atom is -0.497 e. The number of carbonyl (C=O) groups is 2. The molecule has 0 fully saturated rings. The normalized spacial score (nSPS) is 17.2. The third-order valence-corrected chi connectivity index (χ3v) is 6.17. The van der Waals surface area contributed by atoms with Crippen molar-refractivity contribution in [2.24, 2.45) is 0 Å². The Hall–Kier alpha value is -3.60. The zero-order valence-electron chi connectivity index (χ0n) is 19.4. The third-order valence-electron chi connectivity index (χ3n) is 6.17. The van der Waals surface area contributed by atoms with Gasteiger partial charge in [-0.2, -0.15) is 0 Å². The number of carbonyl (C=O) groups excluding carboxylic acids is 2. The van der Waals surface area contributed by atoms with Gasteiger partial charge in [0, 0.05) is 29.4 Å². The van der Waals surface area contributed by atoms with Crippen LogP contribution in [0, 0.1) is 0 Å². The summed E-state index contributed by atoms with van der Waals surface area (Å²) >= 11 is 0. The lowest BCUT2D eigenvalue weighted by Gasteiger charge is -2.43. The van der Waals surface area contributed by atoms with E-state index in [1.54, 1.807) is 13.2 Å². The maximum Gasteiger partial charge on any atom is 0.258 e. The van der Waals surface area contributed by atoms with Gasteiger partial charge in [0.1, 0.15) is 5.75 Å². The fraction of sp³-hybridized carbons (Fsp3) is 0.286. The van der Waals surface area contributed by atoms with E-state index in [4.69, 9.17) is 4.74 Å². The molecule has 0 aromatic heterocycles. The van der Waals surface area contributed by atoms with Gasteiger partial charge in [0.15, 0.2) is 0 Å². The summed E-state index contributed by atoms with van der Waals surface area (Å²) in [6.45, 7) is 4.08. The fourth-order valence-electron chi connectivity index (χ4n) is 4.66. The van der Waals surface area contributed by atoms with Crippen LogP contribution >= 0.6 is 0 Å². The maximum atomic E-state index is 13.9. The van der Waals surface area contributed by atoms with Crippen molar-refractivity contribution in [1.82, 2.24) is 0 Å². The van der Waals surface area contributed by atoms with Gasteiger partial charge < -0.3 is 14.5 Å². The number of fused-ring (bicyclic) bond motifs is 1. The standard InChI is InChI=1S/C28H30N2O3/c1-4-11-27(31)29-20(2)18-26(24-16-8-9-17-25(24)29)30(22-13-6-5-7-14-22)28(32)21-12-10-15-23(19-21)33-3/h5-10,12-17,19-20,26H,4,11,18H2,1-3H3/t20-,26+/m1/s1. The van der Waals surface area contributed by atoms with Gasteiger partial charge in [0.2, 0.25) is 5.91 Å². The zero-order chi connectivity index (χ0) is 23.4. The van der Waals surface area contributed by atoms with Crippen LogP contribution in [0.1, 0.15) is 55.1 Å². The molecule has 0 aliphatic carbocycles. The summed E-state index contributed by atoms with van der Waals surface area (Å²) in [5, 5.41) is 0. The molecule has 0 unspecified atom stereocenters. The predicted octanol–water partition coefficient (Wildman–Crippen LogP) is 6.01. The highest BCUT2D eigenvalue weighted by atomic mass is 16.5. The van der Waals surface area contributed by atoms with Gasteiger partial charge in [0.05, 0.1) is 13.2 Å². The number of benzene rings is 3. The molecule has 0 radical (unpaired) electrons. The molecular formula is C28H30N2O3. The van der Waals surface area contributed by atoms with E-state index in [0.29, 0.717) is 24.2 Å². The molecule has 0 N–H and O–H groups in total. The predicted molar refractivity (Wildman–Crippen MR) is 132 cm³/mol. The summed E-state index contributed by atoms with van der Waals surface area (Å²) < 4.78 is 5.36. The molecule has 170 valence electrons. The first kappa shape index (κ1) is 22.6. The lowest BCUT2D eigenvalue weighted by Crippen LogP contribution is -2.47. The molecule has 0 saturated carbocycles. The first-order valence-corrected chi connectivity index (χ1v) is 11.5. The molecule has 4 rings (SSSR count). The number of para-hydroxylation sites is 2. The third kappa shape index (κ3) is 4.49. The van der Waals surface area contributed by atoms with Crippen molar-refractivity contribution in [3.05, 3.63) is 90.0 Å². The van der Waals surface area contributed by atoms with E-state index < -0.39 is 0 Å². The molecule has 0 spiro atoms. The minimum absolute atomic E-state index is 0.0340. The molecule has 1 heterocycles. The zero-order valence-corrected chi connectivity index (χ0v) is 19.4. The number of hydrogen-bond acceptors (Lipinski definition) is 3. The molecule has 1 aliphatic heterocycles. The van der Waals surface area contributed by atoms with E-state index in [0.717, 1.165) is 23.4 Å². The molecular weight excluding hydrogens is 412 g/mol. The van der Waals surface area contributed by atoms with Crippen LogP contribution in [0.2, 0.25) is 0 Å². The highest BCUT2D eigenvalue weighted by Crippen LogP contribution is 2.43. The van der Waals surface area contributed by atoms with Gasteiger partial charge in [-0.15, -0.1) is 0 Å².